The van der Waals surface area contributed by atoms with E-state index in [0.717, 1.165) is 46.4 Å². The Balaban J connectivity index is 0.901. The number of nitrogens with one attached hydrogen (secondary N) is 2. The Kier molecular flexibility index (Phi) is 12.0. The number of hydrogen-bond acceptors (Lipinski definition) is 19. The molecule has 0 aromatic heterocycles. The van der Waals surface area contributed by atoms with Crippen LogP contribution in [0.2, 0.25) is 0 Å². The summed E-state index contributed by atoms with van der Waals surface area (Å²) in [6.07, 6.45) is 0. The van der Waals surface area contributed by atoms with Gasteiger partial charge in [0.2, 0.25) is 0 Å². The fraction of sp³-hybridized carbons (Fsp3) is 0.0976. The molecule has 27 nitrogen and oxygen atoms in total. The SMILES string of the molecule is CC1=NN(c2ccc(NC(=O)Nc3ccc(N4N=C(C)C(N=Nc5c(O)cc(S(=O)(=O)O)c6cc([N+](=O)[O-])ccc56)C4=O)cc3)cc2)C(=O)C1N=Nc1c(O)cc(S(=O)(=O)O)c2cc([N+](=O)[O-])ccc12. The highest BCUT2D eigenvalue weighted by Gasteiger charge is 2.36. The standard InChI is InChI=1S/C41H30N12O15S2/c1-19-35(44-46-37-27-13-11-25(52(59)60)15-29(27)33(17-31(37)54)69(63,64)65)39(56)50(48-19)23-7-3-21(4-8-23)42-41(58)43-22-5-9-24(10-6-22)51-40(57)36(20(2)49-51)45-47-38-28-14-12-26(53(61)62)16-30(28)34(18-32(38)55)70(66,67)68/h3-18,35-36,54-55H,1-2H3,(H2,42,43,58)(H,63,64,65)(H,66,67,68). The van der Waals surface area contributed by atoms with Gasteiger partial charge in [-0.25, -0.2) is 4.79 Å². The van der Waals surface area contributed by atoms with Crippen LogP contribution >= 0.6 is 0 Å². The average Bonchev–Trinajstić information content (AvgIpc) is 3.75. The van der Waals surface area contributed by atoms with Crippen molar-refractivity contribution in [1.82, 2.24) is 0 Å². The molecule has 70 heavy (non-hydrogen) atoms. The summed E-state index contributed by atoms with van der Waals surface area (Å²) in [4.78, 5) is 59.4. The number of nitro benzene ring substituents is 2. The maximum Gasteiger partial charge on any atom is 0.323 e. The van der Waals surface area contributed by atoms with E-state index in [9.17, 15) is 70.8 Å². The number of phenolic OH excluding ortho intramolecular Hbond substituents is 2. The summed E-state index contributed by atoms with van der Waals surface area (Å²) in [5.74, 6) is -2.87. The summed E-state index contributed by atoms with van der Waals surface area (Å²) in [6.45, 7) is 2.96. The molecule has 0 radical (unpaired) electrons. The van der Waals surface area contributed by atoms with Crippen LogP contribution in [0.4, 0.5) is 50.3 Å². The van der Waals surface area contributed by atoms with E-state index in [1.54, 1.807) is 0 Å². The van der Waals surface area contributed by atoms with Gasteiger partial charge in [-0.3, -0.25) is 38.9 Å². The number of anilines is 4. The molecule has 0 fully saturated rings. The second-order valence-corrected chi connectivity index (χ2v) is 17.9. The molecule has 2 heterocycles. The zero-order valence-electron chi connectivity index (χ0n) is 35.5. The van der Waals surface area contributed by atoms with Gasteiger partial charge in [0.1, 0.15) is 32.7 Å². The van der Waals surface area contributed by atoms with Crippen molar-refractivity contribution in [3.8, 4) is 11.5 Å². The van der Waals surface area contributed by atoms with Gasteiger partial charge in [-0.1, -0.05) is 0 Å². The van der Waals surface area contributed by atoms with Crippen molar-refractivity contribution in [1.29, 1.82) is 0 Å². The van der Waals surface area contributed by atoms with E-state index < -0.39 is 92.7 Å². The van der Waals surface area contributed by atoms with Crippen molar-refractivity contribution in [2.24, 2.45) is 30.7 Å². The van der Waals surface area contributed by atoms with Crippen LogP contribution in [0.5, 0.6) is 11.5 Å². The van der Waals surface area contributed by atoms with Crippen molar-refractivity contribution in [3.63, 3.8) is 0 Å². The van der Waals surface area contributed by atoms with E-state index >= 15 is 0 Å². The van der Waals surface area contributed by atoms with Crippen LogP contribution in [0, 0.1) is 20.2 Å². The highest BCUT2D eigenvalue weighted by molar-refractivity contribution is 7.86. The number of hydrogen-bond donors (Lipinski definition) is 6. The van der Waals surface area contributed by atoms with Crippen LogP contribution in [0.3, 0.4) is 0 Å². The Morgan fingerprint density at radius 2 is 0.957 bits per heavy atom. The van der Waals surface area contributed by atoms with Crippen LogP contribution in [0.1, 0.15) is 13.8 Å². The van der Waals surface area contributed by atoms with Crippen molar-refractivity contribution >= 4 is 117 Å². The number of urea groups is 1. The molecule has 0 spiro atoms. The summed E-state index contributed by atoms with van der Waals surface area (Å²) in [7, 11) is -9.91. The Morgan fingerprint density at radius 3 is 1.29 bits per heavy atom. The Labute approximate surface area is 391 Å². The van der Waals surface area contributed by atoms with Crippen molar-refractivity contribution < 1.29 is 60.4 Å². The second-order valence-electron chi connectivity index (χ2n) is 15.1. The number of non-ortho nitro benzene ring substituents is 2. The molecule has 6 aromatic rings. The lowest BCUT2D eigenvalue weighted by molar-refractivity contribution is -0.384. The third-order valence-electron chi connectivity index (χ3n) is 10.5. The third-order valence-corrected chi connectivity index (χ3v) is 12.3. The quantitative estimate of drug-likeness (QED) is 0.0308. The van der Waals surface area contributed by atoms with Gasteiger partial charge in [0.05, 0.1) is 32.6 Å². The van der Waals surface area contributed by atoms with E-state index in [1.807, 2.05) is 0 Å². The molecule has 6 aromatic carbocycles. The number of hydrazone groups is 2. The summed E-state index contributed by atoms with van der Waals surface area (Å²) in [6, 6.07) is 15.8. The fourth-order valence-electron chi connectivity index (χ4n) is 7.21. The van der Waals surface area contributed by atoms with E-state index in [1.165, 1.54) is 62.4 Å². The number of amides is 4. The number of carbonyl (C=O) groups is 3. The molecule has 2 atom stereocenters. The first kappa shape index (κ1) is 47.3. The maximum absolute atomic E-state index is 13.5. The van der Waals surface area contributed by atoms with Gasteiger partial charge >= 0.3 is 6.03 Å². The van der Waals surface area contributed by atoms with Gasteiger partial charge < -0.3 is 20.8 Å². The van der Waals surface area contributed by atoms with Gasteiger partial charge in [-0.05, 0) is 74.5 Å². The van der Waals surface area contributed by atoms with E-state index in [-0.39, 0.29) is 55.7 Å². The number of carbonyl (C=O) groups excluding carboxylic acids is 3. The normalized spacial score (nSPS) is 16.4. The molecule has 2 aliphatic heterocycles. The number of nitro groups is 2. The third kappa shape index (κ3) is 9.12. The van der Waals surface area contributed by atoms with E-state index in [0.29, 0.717) is 23.5 Å². The fourth-order valence-corrected chi connectivity index (χ4v) is 8.63. The second kappa shape index (κ2) is 17.8. The van der Waals surface area contributed by atoms with Gasteiger partial charge in [0.25, 0.3) is 43.4 Å². The minimum Gasteiger partial charge on any atom is -0.506 e. The minimum absolute atomic E-state index is 0.129. The lowest BCUT2D eigenvalue weighted by atomic mass is 10.1. The summed E-state index contributed by atoms with van der Waals surface area (Å²) in [5.41, 5.74) is -0.248. The molecule has 0 aliphatic carbocycles. The lowest BCUT2D eigenvalue weighted by Gasteiger charge is -2.15. The first-order chi connectivity index (χ1) is 33.0. The molecule has 0 saturated heterocycles. The number of rotatable bonds is 12. The molecule has 0 saturated carbocycles. The monoisotopic (exact) mass is 994 g/mol. The van der Waals surface area contributed by atoms with E-state index in [4.69, 9.17) is 0 Å². The van der Waals surface area contributed by atoms with Crippen LogP contribution < -0.4 is 20.7 Å². The number of aromatic hydroxyl groups is 2. The highest BCUT2D eigenvalue weighted by atomic mass is 32.2. The van der Waals surface area contributed by atoms with Crippen LogP contribution in [0.25, 0.3) is 21.5 Å². The maximum atomic E-state index is 13.5. The molecule has 4 amide bonds. The van der Waals surface area contributed by atoms with Crippen LogP contribution in [-0.2, 0) is 29.8 Å². The molecule has 356 valence electrons. The molecule has 6 N–H and O–H groups in total. The summed E-state index contributed by atoms with van der Waals surface area (Å²) in [5, 5.41) is 74.9. The number of phenols is 2. The van der Waals surface area contributed by atoms with Gasteiger partial charge in [0, 0.05) is 69.3 Å². The molecule has 2 unspecified atom stereocenters. The Morgan fingerprint density at radius 1 is 0.600 bits per heavy atom. The van der Waals surface area contributed by atoms with Gasteiger partial charge in [-0.2, -0.15) is 57.5 Å². The summed E-state index contributed by atoms with van der Waals surface area (Å²) < 4.78 is 67.5. The molecule has 29 heteroatoms. The lowest BCUT2D eigenvalue weighted by Crippen LogP contribution is -2.29. The van der Waals surface area contributed by atoms with Crippen LogP contribution in [-0.4, -0.2) is 87.4 Å². The molecule has 2 aliphatic rings. The smallest absolute Gasteiger partial charge is 0.323 e. The van der Waals surface area contributed by atoms with Gasteiger partial charge in [0.15, 0.2) is 12.1 Å². The molecule has 8 rings (SSSR count). The summed E-state index contributed by atoms with van der Waals surface area (Å²) >= 11 is 0. The predicted octanol–water partition coefficient (Wildman–Crippen LogP) is 7.11. The van der Waals surface area contributed by atoms with Crippen LogP contribution in [0.15, 0.2) is 138 Å². The number of benzene rings is 6. The number of azo groups is 2. The number of nitrogens with zero attached hydrogens (tertiary/aromatic N) is 10. The Hall–Kier alpha value is -9.19. The molecular formula is C41H30N12O15S2. The average molecular weight is 995 g/mol. The zero-order chi connectivity index (χ0) is 50.6. The molecule has 0 bridgehead atoms. The van der Waals surface area contributed by atoms with E-state index in [2.05, 4.69) is 41.3 Å². The zero-order valence-corrected chi connectivity index (χ0v) is 37.1. The van der Waals surface area contributed by atoms with Crippen molar-refractivity contribution in [3.05, 3.63) is 117 Å². The Bertz CT molecular complexity index is 3410. The highest BCUT2D eigenvalue weighted by Crippen LogP contribution is 2.43. The van der Waals surface area contributed by atoms with Crippen molar-refractivity contribution in [2.45, 2.75) is 35.7 Å². The molecular weight excluding hydrogens is 965 g/mol. The minimum atomic E-state index is -4.96. The van der Waals surface area contributed by atoms with Gasteiger partial charge in [-0.15, -0.1) is 0 Å². The first-order valence-electron chi connectivity index (χ1n) is 19.7. The number of fused-ring (bicyclic) bond motifs is 2. The first-order valence-corrected chi connectivity index (χ1v) is 22.6. The van der Waals surface area contributed by atoms with Crippen molar-refractivity contribution in [2.75, 3.05) is 20.7 Å². The largest absolute Gasteiger partial charge is 0.506 e. The predicted molar refractivity (Wildman–Crippen MR) is 247 cm³/mol. The topological polar surface area (TPSA) is 391 Å².